The molecule has 0 saturated carbocycles. The fourth-order valence-electron chi connectivity index (χ4n) is 1.44. The van der Waals surface area contributed by atoms with Crippen molar-refractivity contribution >= 4 is 0 Å². The summed E-state index contributed by atoms with van der Waals surface area (Å²) in [5, 5.41) is 0. The van der Waals surface area contributed by atoms with E-state index in [4.69, 9.17) is 18.9 Å². The molecule has 0 aromatic heterocycles. The molecule has 0 radical (unpaired) electrons. The minimum atomic E-state index is -0.0996. The normalized spacial score (nSPS) is 18.8. The quantitative estimate of drug-likeness (QED) is 0.780. The van der Waals surface area contributed by atoms with Crippen molar-refractivity contribution in [3.05, 3.63) is 36.8 Å². The summed E-state index contributed by atoms with van der Waals surface area (Å²) in [5.74, 6) is 1.76. The van der Waals surface area contributed by atoms with E-state index in [1.165, 1.54) is 0 Å². The molecule has 1 atom stereocenters. The third-order valence-corrected chi connectivity index (χ3v) is 2.22. The molecular weight excluding hydrogens is 208 g/mol. The zero-order valence-electron chi connectivity index (χ0n) is 9.14. The minimum absolute atomic E-state index is 0.0996. The second-order valence-corrected chi connectivity index (χ2v) is 3.38. The van der Waals surface area contributed by atoms with Gasteiger partial charge in [0.15, 0.2) is 17.6 Å². The second-order valence-electron chi connectivity index (χ2n) is 3.38. The van der Waals surface area contributed by atoms with Crippen molar-refractivity contribution in [3.63, 3.8) is 0 Å². The van der Waals surface area contributed by atoms with Gasteiger partial charge in [-0.25, -0.2) is 0 Å². The zero-order chi connectivity index (χ0) is 11.4. The first-order chi connectivity index (χ1) is 7.79. The van der Waals surface area contributed by atoms with Gasteiger partial charge in [-0.3, -0.25) is 0 Å². The van der Waals surface area contributed by atoms with E-state index in [0.717, 1.165) is 0 Å². The maximum atomic E-state index is 5.59. The predicted molar refractivity (Wildman–Crippen MR) is 58.5 cm³/mol. The van der Waals surface area contributed by atoms with Gasteiger partial charge in [0.05, 0.1) is 7.11 Å². The maximum Gasteiger partial charge on any atom is 0.272 e. The highest BCUT2D eigenvalue weighted by atomic mass is 16.7. The van der Waals surface area contributed by atoms with Gasteiger partial charge in [-0.05, 0) is 18.7 Å². The average molecular weight is 222 g/mol. The van der Waals surface area contributed by atoms with Crippen LogP contribution in [0, 0.1) is 0 Å². The third kappa shape index (κ3) is 2.39. The fourth-order valence-corrected chi connectivity index (χ4v) is 1.44. The number of hydrogen-bond donors (Lipinski definition) is 0. The molecular formula is C12H14O4. The molecule has 1 saturated heterocycles. The molecule has 0 bridgehead atoms. The van der Waals surface area contributed by atoms with Crippen LogP contribution in [-0.4, -0.2) is 26.4 Å². The van der Waals surface area contributed by atoms with Gasteiger partial charge in [-0.2, -0.15) is 0 Å². The smallest absolute Gasteiger partial charge is 0.272 e. The lowest BCUT2D eigenvalue weighted by atomic mass is 10.3. The Morgan fingerprint density at radius 2 is 2.12 bits per heavy atom. The number of benzene rings is 1. The molecule has 0 spiro atoms. The van der Waals surface area contributed by atoms with Gasteiger partial charge in [-0.15, -0.1) is 0 Å². The molecule has 16 heavy (non-hydrogen) atoms. The van der Waals surface area contributed by atoms with Gasteiger partial charge in [0.2, 0.25) is 0 Å². The van der Waals surface area contributed by atoms with E-state index in [1.807, 2.05) is 24.3 Å². The summed E-state index contributed by atoms with van der Waals surface area (Å²) in [6.07, 6.45) is -0.0996. The van der Waals surface area contributed by atoms with E-state index in [2.05, 4.69) is 6.58 Å². The first kappa shape index (κ1) is 10.7. The van der Waals surface area contributed by atoms with Crippen LogP contribution >= 0.6 is 0 Å². The summed E-state index contributed by atoms with van der Waals surface area (Å²) >= 11 is 0. The molecule has 1 aromatic carbocycles. The van der Waals surface area contributed by atoms with Crippen LogP contribution in [0.3, 0.4) is 0 Å². The van der Waals surface area contributed by atoms with Crippen LogP contribution in [0.25, 0.3) is 0 Å². The van der Waals surface area contributed by atoms with Crippen molar-refractivity contribution in [2.45, 2.75) is 6.10 Å². The minimum Gasteiger partial charge on any atom is -0.493 e. The second kappa shape index (κ2) is 4.79. The van der Waals surface area contributed by atoms with Crippen LogP contribution < -0.4 is 9.47 Å². The first-order valence-electron chi connectivity index (χ1n) is 5.04. The zero-order valence-corrected chi connectivity index (χ0v) is 9.14. The van der Waals surface area contributed by atoms with Gasteiger partial charge in [-0.1, -0.05) is 12.1 Å². The molecule has 1 unspecified atom stereocenters. The van der Waals surface area contributed by atoms with Crippen LogP contribution in [0.2, 0.25) is 0 Å². The monoisotopic (exact) mass is 222 g/mol. The van der Waals surface area contributed by atoms with Gasteiger partial charge in [0, 0.05) is 0 Å². The van der Waals surface area contributed by atoms with E-state index in [0.29, 0.717) is 30.7 Å². The van der Waals surface area contributed by atoms with E-state index in [-0.39, 0.29) is 6.10 Å². The molecule has 1 heterocycles. The van der Waals surface area contributed by atoms with E-state index >= 15 is 0 Å². The van der Waals surface area contributed by atoms with Crippen LogP contribution in [0.4, 0.5) is 0 Å². The summed E-state index contributed by atoms with van der Waals surface area (Å²) in [4.78, 5) is 0. The van der Waals surface area contributed by atoms with E-state index < -0.39 is 0 Å². The van der Waals surface area contributed by atoms with Crippen molar-refractivity contribution in [2.24, 2.45) is 0 Å². The number of rotatable bonds is 4. The van der Waals surface area contributed by atoms with E-state index in [9.17, 15) is 0 Å². The van der Waals surface area contributed by atoms with Gasteiger partial charge in [0.25, 0.3) is 5.95 Å². The summed E-state index contributed by atoms with van der Waals surface area (Å²) in [6.45, 7) is 4.46. The Labute approximate surface area is 94.4 Å². The Morgan fingerprint density at radius 1 is 1.38 bits per heavy atom. The topological polar surface area (TPSA) is 36.9 Å². The Morgan fingerprint density at radius 3 is 2.75 bits per heavy atom. The summed E-state index contributed by atoms with van der Waals surface area (Å²) in [6, 6.07) is 7.48. The summed E-state index contributed by atoms with van der Waals surface area (Å²) in [7, 11) is 1.61. The highest BCUT2D eigenvalue weighted by molar-refractivity contribution is 5.39. The SMILES string of the molecule is C=C1OCC(COc2ccccc2OC)O1. The summed E-state index contributed by atoms with van der Waals surface area (Å²) < 4.78 is 21.1. The molecule has 1 fully saturated rings. The van der Waals surface area contributed by atoms with Gasteiger partial charge in [0.1, 0.15) is 13.2 Å². The van der Waals surface area contributed by atoms with Gasteiger partial charge < -0.3 is 18.9 Å². The van der Waals surface area contributed by atoms with Crippen LogP contribution in [0.5, 0.6) is 11.5 Å². The molecule has 4 nitrogen and oxygen atoms in total. The largest absolute Gasteiger partial charge is 0.493 e. The molecule has 1 aliphatic heterocycles. The Hall–Kier alpha value is -1.84. The Kier molecular flexibility index (Phi) is 3.19. The predicted octanol–water partition coefficient (Wildman–Crippen LogP) is 1.96. The molecule has 0 N–H and O–H groups in total. The lowest BCUT2D eigenvalue weighted by Crippen LogP contribution is -2.19. The molecule has 0 aliphatic carbocycles. The molecule has 2 rings (SSSR count). The lowest BCUT2D eigenvalue weighted by molar-refractivity contribution is 0.102. The molecule has 1 aromatic rings. The number of para-hydroxylation sites is 2. The number of ether oxygens (including phenoxy) is 4. The third-order valence-electron chi connectivity index (χ3n) is 2.22. The van der Waals surface area contributed by atoms with Crippen molar-refractivity contribution in [1.29, 1.82) is 0 Å². The van der Waals surface area contributed by atoms with Crippen molar-refractivity contribution in [2.75, 3.05) is 20.3 Å². The average Bonchev–Trinajstić information content (AvgIpc) is 2.73. The number of methoxy groups -OCH3 is 1. The molecule has 1 aliphatic rings. The number of hydrogen-bond acceptors (Lipinski definition) is 4. The molecule has 0 amide bonds. The standard InChI is InChI=1S/C12H14O4/c1-9-14-7-10(16-9)8-15-12-6-4-3-5-11(12)13-2/h3-6,10H,1,7-8H2,2H3. The summed E-state index contributed by atoms with van der Waals surface area (Å²) in [5.41, 5.74) is 0. The lowest BCUT2D eigenvalue weighted by Gasteiger charge is -2.12. The highest BCUT2D eigenvalue weighted by Gasteiger charge is 2.21. The van der Waals surface area contributed by atoms with E-state index in [1.54, 1.807) is 7.11 Å². The van der Waals surface area contributed by atoms with Crippen molar-refractivity contribution < 1.29 is 18.9 Å². The van der Waals surface area contributed by atoms with Crippen molar-refractivity contribution in [1.82, 2.24) is 0 Å². The Bertz CT molecular complexity index is 375. The fraction of sp³-hybridized carbons (Fsp3) is 0.333. The maximum absolute atomic E-state index is 5.59. The van der Waals surface area contributed by atoms with Crippen LogP contribution in [0.15, 0.2) is 36.8 Å². The van der Waals surface area contributed by atoms with Crippen LogP contribution in [0.1, 0.15) is 0 Å². The van der Waals surface area contributed by atoms with Crippen LogP contribution in [-0.2, 0) is 9.47 Å². The first-order valence-corrected chi connectivity index (χ1v) is 5.04. The Balaban J connectivity index is 1.91. The molecule has 86 valence electrons. The molecule has 4 heteroatoms. The van der Waals surface area contributed by atoms with Gasteiger partial charge >= 0.3 is 0 Å². The van der Waals surface area contributed by atoms with Crippen molar-refractivity contribution in [3.8, 4) is 11.5 Å². The highest BCUT2D eigenvalue weighted by Crippen LogP contribution is 2.26.